The Morgan fingerprint density at radius 2 is 2.11 bits per heavy atom. The van der Waals surface area contributed by atoms with E-state index in [9.17, 15) is 14.7 Å². The van der Waals surface area contributed by atoms with Crippen LogP contribution in [0.25, 0.3) is 0 Å². The van der Waals surface area contributed by atoms with E-state index >= 15 is 0 Å². The molecule has 0 radical (unpaired) electrons. The van der Waals surface area contributed by atoms with Gasteiger partial charge in [0, 0.05) is 17.8 Å². The van der Waals surface area contributed by atoms with Crippen molar-refractivity contribution in [1.29, 1.82) is 0 Å². The van der Waals surface area contributed by atoms with E-state index < -0.39 is 17.8 Å². The van der Waals surface area contributed by atoms with Gasteiger partial charge in [0.15, 0.2) is 0 Å². The van der Waals surface area contributed by atoms with Crippen LogP contribution in [-0.4, -0.2) is 28.0 Å². The zero-order chi connectivity index (χ0) is 13.8. The molecule has 2 atom stereocenters. The van der Waals surface area contributed by atoms with Crippen molar-refractivity contribution in [1.82, 2.24) is 4.98 Å². The van der Waals surface area contributed by atoms with Gasteiger partial charge >= 0.3 is 5.97 Å². The number of anilines is 1. The maximum Gasteiger partial charge on any atom is 0.308 e. The number of aliphatic carboxylic acids is 1. The molecule has 0 aliphatic heterocycles. The van der Waals surface area contributed by atoms with Crippen molar-refractivity contribution in [2.45, 2.75) is 31.7 Å². The number of carbonyl (C=O) groups is 2. The average molecular weight is 263 g/mol. The first kappa shape index (κ1) is 13.3. The summed E-state index contributed by atoms with van der Waals surface area (Å²) in [5.74, 6) is -1.23. The van der Waals surface area contributed by atoms with Crippen molar-refractivity contribution in [2.75, 3.05) is 5.32 Å². The Labute approximate surface area is 111 Å². The predicted octanol–water partition coefficient (Wildman–Crippen LogP) is 1.24. The number of carboxylic acid groups (broad SMARTS) is 1. The summed E-state index contributed by atoms with van der Waals surface area (Å²) >= 11 is 0. The van der Waals surface area contributed by atoms with Gasteiger partial charge in [-0.1, -0.05) is 12.8 Å². The van der Waals surface area contributed by atoms with Gasteiger partial charge in [-0.05, 0) is 25.0 Å². The monoisotopic (exact) mass is 263 g/mol. The Bertz CT molecular complexity index is 490. The quantitative estimate of drug-likeness (QED) is 0.757. The number of hydrogen-bond acceptors (Lipinski definition) is 4. The molecule has 1 amide bonds. The molecule has 4 N–H and O–H groups in total. The summed E-state index contributed by atoms with van der Waals surface area (Å²) in [5, 5.41) is 12.3. The molecule has 0 aromatic carbocycles. The van der Waals surface area contributed by atoms with Crippen LogP contribution in [-0.2, 0) is 4.79 Å². The molecule has 6 nitrogen and oxygen atoms in total. The summed E-state index contributed by atoms with van der Waals surface area (Å²) in [6, 6.07) is 2.93. The van der Waals surface area contributed by atoms with Gasteiger partial charge in [0.05, 0.1) is 5.92 Å². The summed E-state index contributed by atoms with van der Waals surface area (Å²) in [6.45, 7) is 0. The molecule has 1 saturated carbocycles. The molecule has 2 rings (SSSR count). The first-order valence-electron chi connectivity index (χ1n) is 6.33. The molecule has 1 aromatic heterocycles. The fourth-order valence-electron chi connectivity index (χ4n) is 2.45. The second kappa shape index (κ2) is 5.69. The molecule has 19 heavy (non-hydrogen) atoms. The minimum Gasteiger partial charge on any atom is -0.481 e. The fourth-order valence-corrected chi connectivity index (χ4v) is 2.45. The van der Waals surface area contributed by atoms with Gasteiger partial charge in [0.25, 0.3) is 0 Å². The number of pyridine rings is 1. The molecule has 2 unspecified atom stereocenters. The number of rotatable bonds is 4. The van der Waals surface area contributed by atoms with Gasteiger partial charge in [0.1, 0.15) is 5.82 Å². The number of nitrogens with zero attached hydrogens (tertiary/aromatic N) is 1. The second-order valence-electron chi connectivity index (χ2n) is 4.77. The third-order valence-electron chi connectivity index (χ3n) is 3.46. The van der Waals surface area contributed by atoms with Gasteiger partial charge in [-0.15, -0.1) is 0 Å². The zero-order valence-corrected chi connectivity index (χ0v) is 10.5. The van der Waals surface area contributed by atoms with E-state index in [2.05, 4.69) is 10.3 Å². The Balaban J connectivity index is 2.12. The number of amides is 1. The van der Waals surface area contributed by atoms with Gasteiger partial charge in [-0.3, -0.25) is 9.59 Å². The molecule has 1 fully saturated rings. The highest BCUT2D eigenvalue weighted by Gasteiger charge is 2.30. The molecule has 1 aromatic rings. The summed E-state index contributed by atoms with van der Waals surface area (Å²) in [7, 11) is 0. The van der Waals surface area contributed by atoms with Crippen molar-refractivity contribution in [3.05, 3.63) is 23.9 Å². The Morgan fingerprint density at radius 1 is 1.37 bits per heavy atom. The summed E-state index contributed by atoms with van der Waals surface area (Å²) in [4.78, 5) is 26.4. The van der Waals surface area contributed by atoms with Crippen LogP contribution in [0.2, 0.25) is 0 Å². The standard InChI is InChI=1S/C13H17N3O3/c14-12(17)8-5-6-15-11(7-8)16-10-4-2-1-3-9(10)13(18)19/h5-7,9-10H,1-4H2,(H2,14,17)(H,15,16)(H,18,19). The largest absolute Gasteiger partial charge is 0.481 e. The van der Waals surface area contributed by atoms with Crippen molar-refractivity contribution in [3.8, 4) is 0 Å². The summed E-state index contributed by atoms with van der Waals surface area (Å²) in [6.07, 6.45) is 4.88. The number of aromatic nitrogens is 1. The van der Waals surface area contributed by atoms with E-state index in [1.807, 2.05) is 0 Å². The zero-order valence-electron chi connectivity index (χ0n) is 10.5. The fraction of sp³-hybridized carbons (Fsp3) is 0.462. The highest BCUT2D eigenvalue weighted by Crippen LogP contribution is 2.27. The lowest BCUT2D eigenvalue weighted by Crippen LogP contribution is -2.37. The maximum absolute atomic E-state index is 11.2. The van der Waals surface area contributed by atoms with Gasteiger partial charge in [-0.2, -0.15) is 0 Å². The number of hydrogen-bond donors (Lipinski definition) is 3. The second-order valence-corrected chi connectivity index (χ2v) is 4.77. The number of carboxylic acids is 1. The van der Waals surface area contributed by atoms with Crippen LogP contribution in [0, 0.1) is 5.92 Å². The van der Waals surface area contributed by atoms with Gasteiger partial charge < -0.3 is 16.2 Å². The van der Waals surface area contributed by atoms with Gasteiger partial charge in [0.2, 0.25) is 5.91 Å². The van der Waals surface area contributed by atoms with Crippen LogP contribution < -0.4 is 11.1 Å². The lowest BCUT2D eigenvalue weighted by Gasteiger charge is -2.29. The van der Waals surface area contributed by atoms with E-state index in [1.165, 1.54) is 12.3 Å². The molecular weight excluding hydrogens is 246 g/mol. The van der Waals surface area contributed by atoms with E-state index in [4.69, 9.17) is 5.73 Å². The Morgan fingerprint density at radius 3 is 2.79 bits per heavy atom. The molecule has 0 bridgehead atoms. The molecule has 0 saturated heterocycles. The van der Waals surface area contributed by atoms with E-state index in [1.54, 1.807) is 6.07 Å². The Kier molecular flexibility index (Phi) is 3.99. The number of primary amides is 1. The van der Waals surface area contributed by atoms with Crippen molar-refractivity contribution in [2.24, 2.45) is 11.7 Å². The molecule has 1 aliphatic carbocycles. The average Bonchev–Trinajstić information content (AvgIpc) is 2.39. The number of nitrogens with one attached hydrogen (secondary N) is 1. The molecule has 6 heteroatoms. The lowest BCUT2D eigenvalue weighted by atomic mass is 9.84. The van der Waals surface area contributed by atoms with Crippen LogP contribution >= 0.6 is 0 Å². The van der Waals surface area contributed by atoms with Gasteiger partial charge in [-0.25, -0.2) is 4.98 Å². The van der Waals surface area contributed by atoms with Crippen LogP contribution in [0.1, 0.15) is 36.0 Å². The van der Waals surface area contributed by atoms with Crippen LogP contribution in [0.4, 0.5) is 5.82 Å². The highest BCUT2D eigenvalue weighted by molar-refractivity contribution is 5.93. The van der Waals surface area contributed by atoms with Crippen LogP contribution in [0.15, 0.2) is 18.3 Å². The molecule has 0 spiro atoms. The smallest absolute Gasteiger partial charge is 0.308 e. The first-order valence-corrected chi connectivity index (χ1v) is 6.33. The van der Waals surface area contributed by atoms with E-state index in [-0.39, 0.29) is 6.04 Å². The number of carbonyl (C=O) groups excluding carboxylic acids is 1. The van der Waals surface area contributed by atoms with Crippen LogP contribution in [0.3, 0.4) is 0 Å². The minimum atomic E-state index is -0.789. The molecular formula is C13H17N3O3. The molecule has 102 valence electrons. The van der Waals surface area contributed by atoms with E-state index in [0.717, 1.165) is 19.3 Å². The van der Waals surface area contributed by atoms with Crippen molar-refractivity contribution >= 4 is 17.7 Å². The minimum absolute atomic E-state index is 0.151. The molecule has 1 heterocycles. The Hall–Kier alpha value is -2.11. The summed E-state index contributed by atoms with van der Waals surface area (Å²) in [5.41, 5.74) is 5.56. The number of nitrogens with two attached hydrogens (primary N) is 1. The predicted molar refractivity (Wildman–Crippen MR) is 69.8 cm³/mol. The third-order valence-corrected chi connectivity index (χ3v) is 3.46. The first-order chi connectivity index (χ1) is 9.08. The summed E-state index contributed by atoms with van der Waals surface area (Å²) < 4.78 is 0. The SMILES string of the molecule is NC(=O)c1ccnc(NC2CCCCC2C(=O)O)c1. The maximum atomic E-state index is 11.2. The normalized spacial score (nSPS) is 22.7. The third kappa shape index (κ3) is 3.21. The molecule has 1 aliphatic rings. The highest BCUT2D eigenvalue weighted by atomic mass is 16.4. The topological polar surface area (TPSA) is 105 Å². The lowest BCUT2D eigenvalue weighted by molar-refractivity contribution is -0.143. The van der Waals surface area contributed by atoms with Crippen molar-refractivity contribution < 1.29 is 14.7 Å². The van der Waals surface area contributed by atoms with Crippen molar-refractivity contribution in [3.63, 3.8) is 0 Å². The van der Waals surface area contributed by atoms with Crippen LogP contribution in [0.5, 0.6) is 0 Å². The van der Waals surface area contributed by atoms with E-state index in [0.29, 0.717) is 17.8 Å².